The number of carbonyl (C=O) groups is 1. The van der Waals surface area contributed by atoms with Gasteiger partial charge in [-0.3, -0.25) is 4.79 Å². The molecule has 1 fully saturated rings. The number of rotatable bonds is 3. The van der Waals surface area contributed by atoms with Crippen LogP contribution in [0.3, 0.4) is 0 Å². The van der Waals surface area contributed by atoms with Crippen LogP contribution in [0.1, 0.15) is 38.2 Å². The van der Waals surface area contributed by atoms with Crippen molar-refractivity contribution in [1.29, 1.82) is 0 Å². The molecule has 5 nitrogen and oxygen atoms in total. The van der Waals surface area contributed by atoms with Gasteiger partial charge in [0.25, 0.3) is 0 Å². The molecular formula is C15H21N3O2. The van der Waals surface area contributed by atoms with Gasteiger partial charge in [0.05, 0.1) is 0 Å². The number of nitrogens with one attached hydrogen (secondary N) is 1. The van der Waals surface area contributed by atoms with E-state index in [1.54, 1.807) is 24.3 Å². The van der Waals surface area contributed by atoms with Crippen LogP contribution in [0.4, 0.5) is 5.69 Å². The maximum Gasteiger partial charge on any atom is 0.227 e. The zero-order valence-electron chi connectivity index (χ0n) is 11.7. The van der Waals surface area contributed by atoms with Crippen LogP contribution in [0, 0.1) is 11.8 Å². The third kappa shape index (κ3) is 3.50. The predicted molar refractivity (Wildman–Crippen MR) is 78.7 cm³/mol. The molecule has 2 rings (SSSR count). The van der Waals surface area contributed by atoms with E-state index < -0.39 is 0 Å². The van der Waals surface area contributed by atoms with Gasteiger partial charge in [0, 0.05) is 17.2 Å². The number of carbonyl (C=O) groups excluding carboxylic acids is 1. The van der Waals surface area contributed by atoms with Gasteiger partial charge in [-0.25, -0.2) is 0 Å². The van der Waals surface area contributed by atoms with E-state index in [0.717, 1.165) is 31.6 Å². The molecule has 5 heteroatoms. The average Bonchev–Trinajstić information content (AvgIpc) is 2.47. The van der Waals surface area contributed by atoms with Gasteiger partial charge >= 0.3 is 0 Å². The fourth-order valence-electron chi connectivity index (χ4n) is 2.58. The second-order valence-electron chi connectivity index (χ2n) is 5.51. The van der Waals surface area contributed by atoms with Crippen molar-refractivity contribution in [3.8, 4) is 0 Å². The summed E-state index contributed by atoms with van der Waals surface area (Å²) in [6, 6.07) is 7.01. The minimum absolute atomic E-state index is 0.0348. The van der Waals surface area contributed by atoms with Crippen LogP contribution in [0.15, 0.2) is 29.4 Å². The van der Waals surface area contributed by atoms with Crippen LogP contribution >= 0.6 is 0 Å². The largest absolute Gasteiger partial charge is 0.409 e. The summed E-state index contributed by atoms with van der Waals surface area (Å²) in [7, 11) is 0. The Balaban J connectivity index is 2.01. The van der Waals surface area contributed by atoms with Gasteiger partial charge in [-0.15, -0.1) is 0 Å². The van der Waals surface area contributed by atoms with Crippen LogP contribution in [-0.4, -0.2) is 17.0 Å². The fraction of sp³-hybridized carbons (Fsp3) is 0.467. The Hall–Kier alpha value is -2.04. The van der Waals surface area contributed by atoms with Crippen molar-refractivity contribution in [2.24, 2.45) is 22.7 Å². The lowest BCUT2D eigenvalue weighted by molar-refractivity contribution is -0.121. The summed E-state index contributed by atoms with van der Waals surface area (Å²) in [5.74, 6) is 0.919. The zero-order chi connectivity index (χ0) is 14.5. The maximum atomic E-state index is 12.2. The molecule has 0 spiro atoms. The van der Waals surface area contributed by atoms with Crippen molar-refractivity contribution in [3.05, 3.63) is 29.8 Å². The average molecular weight is 275 g/mol. The van der Waals surface area contributed by atoms with Crippen LogP contribution < -0.4 is 11.1 Å². The maximum absolute atomic E-state index is 12.2. The van der Waals surface area contributed by atoms with E-state index in [2.05, 4.69) is 17.4 Å². The van der Waals surface area contributed by atoms with Crippen LogP contribution in [0.25, 0.3) is 0 Å². The summed E-state index contributed by atoms with van der Waals surface area (Å²) in [6.07, 6.45) is 4.13. The van der Waals surface area contributed by atoms with E-state index in [4.69, 9.17) is 10.9 Å². The quantitative estimate of drug-likeness (QED) is 0.343. The molecule has 1 amide bonds. The first-order valence-electron chi connectivity index (χ1n) is 6.99. The van der Waals surface area contributed by atoms with Crippen molar-refractivity contribution < 1.29 is 10.0 Å². The molecule has 1 aliphatic carbocycles. The third-order valence-electron chi connectivity index (χ3n) is 3.92. The monoisotopic (exact) mass is 275 g/mol. The van der Waals surface area contributed by atoms with Gasteiger partial charge in [0.15, 0.2) is 5.84 Å². The van der Waals surface area contributed by atoms with Crippen molar-refractivity contribution in [3.63, 3.8) is 0 Å². The lowest BCUT2D eigenvalue weighted by Gasteiger charge is -2.25. The Morgan fingerprint density at radius 1 is 1.35 bits per heavy atom. The molecule has 0 atom stereocenters. The first kappa shape index (κ1) is 14.4. The molecule has 1 aromatic carbocycles. The van der Waals surface area contributed by atoms with E-state index in [1.807, 2.05) is 0 Å². The molecule has 4 N–H and O–H groups in total. The van der Waals surface area contributed by atoms with E-state index in [1.165, 1.54) is 0 Å². The molecule has 0 heterocycles. The normalized spacial score (nSPS) is 23.4. The molecule has 108 valence electrons. The summed E-state index contributed by atoms with van der Waals surface area (Å²) in [6.45, 7) is 2.23. The van der Waals surface area contributed by atoms with Crippen LogP contribution in [0.2, 0.25) is 0 Å². The Morgan fingerprint density at radius 2 is 2.05 bits per heavy atom. The van der Waals surface area contributed by atoms with Crippen molar-refractivity contribution in [1.82, 2.24) is 0 Å². The van der Waals surface area contributed by atoms with Crippen molar-refractivity contribution in [2.75, 3.05) is 5.32 Å². The van der Waals surface area contributed by atoms with Gasteiger partial charge in [-0.2, -0.15) is 0 Å². The number of amides is 1. The molecule has 0 bridgehead atoms. The number of nitrogens with two attached hydrogens (primary N) is 1. The Bertz CT molecular complexity index is 506. The molecule has 0 unspecified atom stereocenters. The highest BCUT2D eigenvalue weighted by Crippen LogP contribution is 2.29. The highest BCUT2D eigenvalue weighted by atomic mass is 16.4. The number of nitrogens with zero attached hydrogens (tertiary/aromatic N) is 1. The van der Waals surface area contributed by atoms with Gasteiger partial charge in [0.1, 0.15) is 0 Å². The zero-order valence-corrected chi connectivity index (χ0v) is 11.7. The number of amidine groups is 1. The van der Waals surface area contributed by atoms with Crippen molar-refractivity contribution in [2.45, 2.75) is 32.6 Å². The number of hydrogen-bond donors (Lipinski definition) is 3. The molecule has 1 aliphatic rings. The van der Waals surface area contributed by atoms with Crippen LogP contribution in [-0.2, 0) is 4.79 Å². The molecule has 1 aromatic rings. The van der Waals surface area contributed by atoms with Gasteiger partial charge in [0.2, 0.25) is 5.91 Å². The van der Waals surface area contributed by atoms with Crippen molar-refractivity contribution >= 4 is 17.4 Å². The van der Waals surface area contributed by atoms with Crippen LogP contribution in [0.5, 0.6) is 0 Å². The summed E-state index contributed by atoms with van der Waals surface area (Å²) >= 11 is 0. The number of hydrogen-bond acceptors (Lipinski definition) is 3. The Kier molecular flexibility index (Phi) is 4.61. The standard InChI is InChI=1S/C15H21N3O2/c1-10-5-7-11(8-6-10)15(19)17-13-4-2-3-12(9-13)14(16)18-20/h2-4,9-11,20H,5-8H2,1H3,(H2,16,18)(H,17,19). The fourth-order valence-corrected chi connectivity index (χ4v) is 2.58. The SMILES string of the molecule is CC1CCC(C(=O)Nc2cccc(/C(N)=N/O)c2)CC1. The van der Waals surface area contributed by atoms with E-state index in [-0.39, 0.29) is 17.7 Å². The summed E-state index contributed by atoms with van der Waals surface area (Å²) in [5.41, 5.74) is 6.80. The molecule has 0 aliphatic heterocycles. The Labute approximate surface area is 118 Å². The molecule has 20 heavy (non-hydrogen) atoms. The highest BCUT2D eigenvalue weighted by molar-refractivity contribution is 5.99. The van der Waals surface area contributed by atoms with E-state index in [0.29, 0.717) is 11.3 Å². The molecule has 1 saturated carbocycles. The lowest BCUT2D eigenvalue weighted by atomic mass is 9.82. The minimum Gasteiger partial charge on any atom is -0.409 e. The van der Waals surface area contributed by atoms with Gasteiger partial charge in [-0.05, 0) is 43.7 Å². The number of oxime groups is 1. The minimum atomic E-state index is 0.0348. The lowest BCUT2D eigenvalue weighted by Crippen LogP contribution is -2.26. The second kappa shape index (κ2) is 6.41. The molecular weight excluding hydrogens is 254 g/mol. The first-order valence-corrected chi connectivity index (χ1v) is 6.99. The molecule has 0 aromatic heterocycles. The highest BCUT2D eigenvalue weighted by Gasteiger charge is 2.24. The number of benzene rings is 1. The number of anilines is 1. The second-order valence-corrected chi connectivity index (χ2v) is 5.51. The van der Waals surface area contributed by atoms with Gasteiger partial charge < -0.3 is 16.3 Å². The molecule has 0 radical (unpaired) electrons. The van der Waals surface area contributed by atoms with Gasteiger partial charge in [-0.1, -0.05) is 24.2 Å². The Morgan fingerprint density at radius 3 is 2.70 bits per heavy atom. The van der Waals surface area contributed by atoms with E-state index >= 15 is 0 Å². The summed E-state index contributed by atoms with van der Waals surface area (Å²) in [5, 5.41) is 14.5. The first-order chi connectivity index (χ1) is 9.60. The summed E-state index contributed by atoms with van der Waals surface area (Å²) in [4.78, 5) is 12.2. The molecule has 0 saturated heterocycles. The smallest absolute Gasteiger partial charge is 0.227 e. The third-order valence-corrected chi connectivity index (χ3v) is 3.92. The summed E-state index contributed by atoms with van der Waals surface area (Å²) < 4.78 is 0. The van der Waals surface area contributed by atoms with E-state index in [9.17, 15) is 4.79 Å². The topological polar surface area (TPSA) is 87.7 Å². The predicted octanol–water partition coefficient (Wildman–Crippen LogP) is 2.55.